The third kappa shape index (κ3) is 3.71. The molecule has 0 aromatic carbocycles. The average molecular weight is 252 g/mol. The van der Waals surface area contributed by atoms with E-state index < -0.39 is 0 Å². The maximum Gasteiger partial charge on any atom is 0.00154 e. The minimum atomic E-state index is 0.747. The van der Waals surface area contributed by atoms with Gasteiger partial charge in [0.25, 0.3) is 0 Å². The Balaban J connectivity index is 1.82. The Labute approximate surface area is 114 Å². The van der Waals surface area contributed by atoms with Crippen molar-refractivity contribution in [1.82, 2.24) is 10.2 Å². The fourth-order valence-electron chi connectivity index (χ4n) is 3.80. The zero-order valence-corrected chi connectivity index (χ0v) is 12.8. The summed E-state index contributed by atoms with van der Waals surface area (Å²) in [5.74, 6) is 2.59. The lowest BCUT2D eigenvalue weighted by Gasteiger charge is -2.29. The van der Waals surface area contributed by atoms with Gasteiger partial charge in [0.1, 0.15) is 0 Å². The molecular weight excluding hydrogens is 220 g/mol. The van der Waals surface area contributed by atoms with Crippen LogP contribution in [0.5, 0.6) is 0 Å². The van der Waals surface area contributed by atoms with Crippen LogP contribution in [0.3, 0.4) is 0 Å². The first-order valence-electron chi connectivity index (χ1n) is 7.95. The smallest absolute Gasteiger partial charge is 0.00154 e. The molecule has 1 aliphatic carbocycles. The summed E-state index contributed by atoms with van der Waals surface area (Å²) in [6.07, 6.45) is 4.35. The van der Waals surface area contributed by atoms with Gasteiger partial charge in [-0.1, -0.05) is 27.7 Å². The first-order chi connectivity index (χ1) is 8.52. The molecule has 0 aromatic heterocycles. The van der Waals surface area contributed by atoms with Crippen LogP contribution in [0.15, 0.2) is 0 Å². The maximum atomic E-state index is 3.51. The summed E-state index contributed by atoms with van der Waals surface area (Å²) in [6, 6.07) is 0. The molecule has 0 amide bonds. The number of hydrogen-bond acceptors (Lipinski definition) is 2. The number of piperidine rings is 1. The summed E-state index contributed by atoms with van der Waals surface area (Å²) in [4.78, 5) is 2.73. The highest BCUT2D eigenvalue weighted by atomic mass is 15.1. The third-order valence-electron chi connectivity index (χ3n) is 4.68. The Morgan fingerprint density at radius 3 is 2.11 bits per heavy atom. The highest BCUT2D eigenvalue weighted by Gasteiger charge is 2.53. The van der Waals surface area contributed by atoms with Crippen molar-refractivity contribution < 1.29 is 0 Å². The predicted molar refractivity (Wildman–Crippen MR) is 78.8 cm³/mol. The number of rotatable bonds is 6. The molecule has 1 unspecified atom stereocenters. The third-order valence-corrected chi connectivity index (χ3v) is 4.68. The van der Waals surface area contributed by atoms with Gasteiger partial charge in [-0.05, 0) is 55.5 Å². The second kappa shape index (κ2) is 5.92. The molecule has 106 valence electrons. The van der Waals surface area contributed by atoms with Crippen molar-refractivity contribution in [3.05, 3.63) is 0 Å². The molecule has 0 bridgehead atoms. The van der Waals surface area contributed by atoms with E-state index in [-0.39, 0.29) is 0 Å². The van der Waals surface area contributed by atoms with Crippen molar-refractivity contribution in [3.63, 3.8) is 0 Å². The van der Waals surface area contributed by atoms with Crippen molar-refractivity contribution in [3.8, 4) is 0 Å². The molecule has 2 fully saturated rings. The summed E-state index contributed by atoms with van der Waals surface area (Å²) < 4.78 is 0. The second-order valence-corrected chi connectivity index (χ2v) is 7.52. The van der Waals surface area contributed by atoms with E-state index in [1.807, 2.05) is 0 Å². The first kappa shape index (κ1) is 14.3. The quantitative estimate of drug-likeness (QED) is 0.782. The molecule has 1 N–H and O–H groups in total. The highest BCUT2D eigenvalue weighted by molar-refractivity contribution is 5.05. The van der Waals surface area contributed by atoms with E-state index in [0.717, 1.165) is 23.2 Å². The van der Waals surface area contributed by atoms with Crippen LogP contribution in [-0.2, 0) is 0 Å². The molecule has 1 heterocycles. The minimum absolute atomic E-state index is 0.747. The SMILES string of the molecule is CC(C)CN(CC(C)C)CC1CC12CCNCC2. The lowest BCUT2D eigenvalue weighted by molar-refractivity contribution is 0.191. The van der Waals surface area contributed by atoms with Crippen molar-refractivity contribution in [1.29, 1.82) is 0 Å². The largest absolute Gasteiger partial charge is 0.317 e. The molecule has 2 aliphatic rings. The van der Waals surface area contributed by atoms with Gasteiger partial charge in [0.05, 0.1) is 0 Å². The Morgan fingerprint density at radius 1 is 1.06 bits per heavy atom. The molecule has 1 atom stereocenters. The Bertz CT molecular complexity index is 244. The van der Waals surface area contributed by atoms with Gasteiger partial charge >= 0.3 is 0 Å². The van der Waals surface area contributed by atoms with Gasteiger partial charge in [-0.25, -0.2) is 0 Å². The highest BCUT2D eigenvalue weighted by Crippen LogP contribution is 2.58. The van der Waals surface area contributed by atoms with Gasteiger partial charge in [-0.15, -0.1) is 0 Å². The first-order valence-corrected chi connectivity index (χ1v) is 7.95. The van der Waals surface area contributed by atoms with Crippen LogP contribution >= 0.6 is 0 Å². The van der Waals surface area contributed by atoms with E-state index in [2.05, 4.69) is 37.9 Å². The van der Waals surface area contributed by atoms with Crippen molar-refractivity contribution in [2.45, 2.75) is 47.0 Å². The van der Waals surface area contributed by atoms with Gasteiger partial charge in [0.2, 0.25) is 0 Å². The lowest BCUT2D eigenvalue weighted by atomic mass is 9.91. The summed E-state index contributed by atoms with van der Waals surface area (Å²) in [6.45, 7) is 15.8. The Kier molecular flexibility index (Phi) is 4.71. The van der Waals surface area contributed by atoms with Gasteiger partial charge in [0.15, 0.2) is 0 Å². The summed E-state index contributed by atoms with van der Waals surface area (Å²) >= 11 is 0. The molecule has 1 saturated heterocycles. The van der Waals surface area contributed by atoms with Gasteiger partial charge in [-0.2, -0.15) is 0 Å². The molecule has 2 rings (SSSR count). The number of nitrogens with zero attached hydrogens (tertiary/aromatic N) is 1. The molecule has 0 aromatic rings. The maximum absolute atomic E-state index is 3.51. The van der Waals surface area contributed by atoms with Crippen LogP contribution < -0.4 is 5.32 Å². The fraction of sp³-hybridized carbons (Fsp3) is 1.00. The predicted octanol–water partition coefficient (Wildman–Crippen LogP) is 2.99. The van der Waals surface area contributed by atoms with E-state index in [0.29, 0.717) is 0 Å². The standard InChI is InChI=1S/C16H32N2/c1-13(2)10-18(11-14(3)4)12-15-9-16(15)5-7-17-8-6-16/h13-15,17H,5-12H2,1-4H3. The van der Waals surface area contributed by atoms with Crippen LogP contribution in [0.4, 0.5) is 0 Å². The minimum Gasteiger partial charge on any atom is -0.317 e. The van der Waals surface area contributed by atoms with E-state index in [1.165, 1.54) is 52.0 Å². The van der Waals surface area contributed by atoms with Crippen LogP contribution in [-0.4, -0.2) is 37.6 Å². The van der Waals surface area contributed by atoms with Crippen molar-refractivity contribution in [2.75, 3.05) is 32.7 Å². The molecule has 0 radical (unpaired) electrons. The fourth-order valence-corrected chi connectivity index (χ4v) is 3.80. The molecular formula is C16H32N2. The topological polar surface area (TPSA) is 15.3 Å². The van der Waals surface area contributed by atoms with Crippen LogP contribution in [0, 0.1) is 23.2 Å². The van der Waals surface area contributed by atoms with Gasteiger partial charge in [-0.3, -0.25) is 0 Å². The second-order valence-electron chi connectivity index (χ2n) is 7.52. The van der Waals surface area contributed by atoms with Crippen LogP contribution in [0.1, 0.15) is 47.0 Å². The van der Waals surface area contributed by atoms with E-state index in [9.17, 15) is 0 Å². The summed E-state index contributed by atoms with van der Waals surface area (Å²) in [7, 11) is 0. The van der Waals surface area contributed by atoms with Gasteiger partial charge < -0.3 is 10.2 Å². The van der Waals surface area contributed by atoms with Crippen molar-refractivity contribution >= 4 is 0 Å². The normalized spacial score (nSPS) is 26.5. The molecule has 1 aliphatic heterocycles. The number of hydrogen-bond donors (Lipinski definition) is 1. The Hall–Kier alpha value is -0.0800. The molecule has 2 nitrogen and oxygen atoms in total. The molecule has 1 saturated carbocycles. The summed E-state index contributed by atoms with van der Waals surface area (Å²) in [5, 5.41) is 3.51. The average Bonchev–Trinajstić information content (AvgIpc) is 2.89. The van der Waals surface area contributed by atoms with Crippen LogP contribution in [0.2, 0.25) is 0 Å². The van der Waals surface area contributed by atoms with Crippen LogP contribution in [0.25, 0.3) is 0 Å². The van der Waals surface area contributed by atoms with Gasteiger partial charge in [0, 0.05) is 19.6 Å². The molecule has 1 spiro atoms. The summed E-state index contributed by atoms with van der Waals surface area (Å²) in [5.41, 5.74) is 0.747. The van der Waals surface area contributed by atoms with E-state index in [4.69, 9.17) is 0 Å². The molecule has 2 heteroatoms. The van der Waals surface area contributed by atoms with Crippen molar-refractivity contribution in [2.24, 2.45) is 23.2 Å². The zero-order chi connectivity index (χ0) is 13.2. The van der Waals surface area contributed by atoms with E-state index in [1.54, 1.807) is 0 Å². The monoisotopic (exact) mass is 252 g/mol. The number of nitrogens with one attached hydrogen (secondary N) is 1. The Morgan fingerprint density at radius 2 is 1.61 bits per heavy atom. The zero-order valence-electron chi connectivity index (χ0n) is 12.8. The van der Waals surface area contributed by atoms with E-state index >= 15 is 0 Å². The molecule has 18 heavy (non-hydrogen) atoms. The lowest BCUT2D eigenvalue weighted by Crippen LogP contribution is -2.36.